The van der Waals surface area contributed by atoms with Gasteiger partial charge in [-0.3, -0.25) is 14.4 Å². The van der Waals surface area contributed by atoms with Gasteiger partial charge in [-0.1, -0.05) is 0 Å². The molecule has 1 aliphatic rings. The van der Waals surface area contributed by atoms with Crippen LogP contribution in [0.4, 0.5) is 11.4 Å². The van der Waals surface area contributed by atoms with Gasteiger partial charge in [-0.2, -0.15) is 0 Å². The number of thiazole rings is 1. The molecule has 5 rings (SSSR count). The van der Waals surface area contributed by atoms with Crippen LogP contribution in [0.15, 0.2) is 63.6 Å². The van der Waals surface area contributed by atoms with Gasteiger partial charge in [0.05, 0.1) is 30.3 Å². The maximum absolute atomic E-state index is 13.1. The first-order valence-corrected chi connectivity index (χ1v) is 14.7. The van der Waals surface area contributed by atoms with Crippen molar-refractivity contribution in [3.63, 3.8) is 0 Å². The summed E-state index contributed by atoms with van der Waals surface area (Å²) in [6.07, 6.45) is 6.54. The molecule has 0 bridgehead atoms. The Bertz CT molecular complexity index is 1590. The van der Waals surface area contributed by atoms with Crippen LogP contribution in [0.1, 0.15) is 44.7 Å². The number of ether oxygens (including phenoxy) is 1. The zero-order valence-electron chi connectivity index (χ0n) is 23.8. The van der Waals surface area contributed by atoms with Gasteiger partial charge in [0, 0.05) is 49.4 Å². The molecule has 1 aliphatic heterocycles. The summed E-state index contributed by atoms with van der Waals surface area (Å²) in [7, 11) is 1.70. The molecular formula is C30H35N5O5S. The van der Waals surface area contributed by atoms with E-state index in [0.29, 0.717) is 55.4 Å². The van der Waals surface area contributed by atoms with Gasteiger partial charge in [-0.05, 0) is 64.4 Å². The molecule has 11 heteroatoms. The molecule has 2 amide bonds. The van der Waals surface area contributed by atoms with Gasteiger partial charge in [0.25, 0.3) is 5.56 Å². The Morgan fingerprint density at radius 2 is 1.95 bits per heavy atom. The minimum atomic E-state index is -1.15. The molecule has 0 spiro atoms. The summed E-state index contributed by atoms with van der Waals surface area (Å²) in [6, 6.07) is 9.17. The van der Waals surface area contributed by atoms with E-state index in [9.17, 15) is 14.4 Å². The number of aryl methyl sites for hydroxylation is 1. The molecule has 3 aromatic heterocycles. The molecule has 0 saturated heterocycles. The molecule has 1 aromatic carbocycles. The topological polar surface area (TPSA) is 110 Å². The smallest absolute Gasteiger partial charge is 0.294 e. The highest BCUT2D eigenvalue weighted by atomic mass is 32.1. The second-order valence-electron chi connectivity index (χ2n) is 10.6. The summed E-state index contributed by atoms with van der Waals surface area (Å²) < 4.78 is 13.1. The second-order valence-corrected chi connectivity index (χ2v) is 11.5. The third kappa shape index (κ3) is 5.64. The van der Waals surface area contributed by atoms with Crippen LogP contribution in [0, 0.1) is 5.41 Å². The Labute approximate surface area is 242 Å². The molecule has 41 heavy (non-hydrogen) atoms. The first-order chi connectivity index (χ1) is 19.7. The number of hydrogen-bond acceptors (Lipinski definition) is 8. The van der Waals surface area contributed by atoms with Gasteiger partial charge in [-0.25, -0.2) is 4.98 Å². The van der Waals surface area contributed by atoms with E-state index in [1.807, 2.05) is 36.6 Å². The average Bonchev–Trinajstić information content (AvgIpc) is 3.67. The molecule has 0 saturated carbocycles. The van der Waals surface area contributed by atoms with Gasteiger partial charge in [-0.15, -0.1) is 11.3 Å². The normalized spacial score (nSPS) is 15.7. The highest BCUT2D eigenvalue weighted by molar-refractivity contribution is 7.09. The maximum Gasteiger partial charge on any atom is 0.294 e. The number of furan rings is 1. The lowest BCUT2D eigenvalue weighted by atomic mass is 9.90. The molecule has 4 heterocycles. The number of rotatable bonds is 11. The van der Waals surface area contributed by atoms with Crippen LogP contribution < -0.4 is 25.4 Å². The fourth-order valence-electron chi connectivity index (χ4n) is 5.17. The summed E-state index contributed by atoms with van der Waals surface area (Å²) in [5.74, 6) is 0.174. The number of nitrogens with zero attached hydrogens (tertiary/aromatic N) is 4. The minimum Gasteiger partial charge on any atom is -0.493 e. The first-order valence-electron chi connectivity index (χ1n) is 13.8. The van der Waals surface area contributed by atoms with Crippen molar-refractivity contribution in [2.24, 2.45) is 5.41 Å². The molecule has 1 unspecified atom stereocenters. The monoisotopic (exact) mass is 577 g/mol. The fraction of sp³-hybridized carbons (Fsp3) is 0.400. The van der Waals surface area contributed by atoms with Crippen molar-refractivity contribution in [3.8, 4) is 5.75 Å². The quantitative estimate of drug-likeness (QED) is 0.205. The molecule has 0 fully saturated rings. The molecule has 1 N–H and O–H groups in total. The van der Waals surface area contributed by atoms with Crippen LogP contribution in [0.5, 0.6) is 5.75 Å². The Hall–Kier alpha value is -3.96. The summed E-state index contributed by atoms with van der Waals surface area (Å²) in [4.78, 5) is 46.6. The number of fused-ring (bicyclic) bond motifs is 2. The summed E-state index contributed by atoms with van der Waals surface area (Å²) in [6.45, 7) is 7.38. The maximum atomic E-state index is 13.1. The third-order valence-corrected chi connectivity index (χ3v) is 8.40. The highest BCUT2D eigenvalue weighted by Crippen LogP contribution is 2.40. The van der Waals surface area contributed by atoms with Crippen LogP contribution in [-0.4, -0.2) is 48.1 Å². The van der Waals surface area contributed by atoms with Crippen LogP contribution >= 0.6 is 11.3 Å². The van der Waals surface area contributed by atoms with Crippen molar-refractivity contribution in [1.29, 1.82) is 0 Å². The van der Waals surface area contributed by atoms with E-state index in [1.165, 1.54) is 6.26 Å². The number of hydrogen-bond donors (Lipinski definition) is 1. The Balaban J connectivity index is 1.19. The second kappa shape index (κ2) is 11.9. The summed E-state index contributed by atoms with van der Waals surface area (Å²) in [5, 5.41) is 7.27. The van der Waals surface area contributed by atoms with Crippen LogP contribution in [0.3, 0.4) is 0 Å². The molecule has 10 nitrogen and oxygen atoms in total. The zero-order valence-corrected chi connectivity index (χ0v) is 24.6. The van der Waals surface area contributed by atoms with Crippen molar-refractivity contribution in [1.82, 2.24) is 14.9 Å². The van der Waals surface area contributed by atoms with Gasteiger partial charge in [0.1, 0.15) is 16.2 Å². The molecule has 0 radical (unpaired) electrons. The Morgan fingerprint density at radius 3 is 2.71 bits per heavy atom. The van der Waals surface area contributed by atoms with Crippen molar-refractivity contribution in [2.45, 2.75) is 46.2 Å². The van der Waals surface area contributed by atoms with E-state index in [-0.39, 0.29) is 23.4 Å². The van der Waals surface area contributed by atoms with E-state index in [2.05, 4.69) is 10.3 Å². The Morgan fingerprint density at radius 1 is 1.12 bits per heavy atom. The lowest BCUT2D eigenvalue weighted by Gasteiger charge is -2.27. The molecule has 4 aromatic rings. The largest absolute Gasteiger partial charge is 0.493 e. The van der Waals surface area contributed by atoms with Gasteiger partial charge < -0.3 is 28.8 Å². The number of amides is 2. The number of pyridine rings is 1. The third-order valence-electron chi connectivity index (χ3n) is 7.51. The number of benzene rings is 1. The number of anilines is 2. The number of carbonyl (C=O) groups is 2. The summed E-state index contributed by atoms with van der Waals surface area (Å²) >= 11 is 1.58. The Kier molecular flexibility index (Phi) is 8.27. The van der Waals surface area contributed by atoms with Crippen molar-refractivity contribution < 1.29 is 18.7 Å². The number of carbonyl (C=O) groups excluding carboxylic acids is 2. The predicted octanol–water partition coefficient (Wildman–Crippen LogP) is 4.60. The van der Waals surface area contributed by atoms with E-state index in [4.69, 9.17) is 9.15 Å². The first kappa shape index (κ1) is 28.6. The standard InChI is InChI=1S/C30H35N5O5S/c1-5-35-23-8-7-21(19-24(23)33(4)28(37)30(2,3)29(35)38)39-16-6-12-31-22(26-32-13-18-41-26)10-15-34-14-9-20-11-17-40-25(20)27(34)36/h7-9,11,13-14,17-19,22,31H,5-6,10,12,15-16H2,1-4H3. The van der Waals surface area contributed by atoms with Gasteiger partial charge in [0.15, 0.2) is 5.58 Å². The summed E-state index contributed by atoms with van der Waals surface area (Å²) in [5.41, 5.74) is 0.433. The SMILES string of the molecule is CCN1C(=O)C(C)(C)C(=O)N(C)c2cc(OCCCNC(CCn3ccc4ccoc4c3=O)c3nccs3)ccc21. The van der Waals surface area contributed by atoms with E-state index in [0.717, 1.165) is 16.8 Å². The van der Waals surface area contributed by atoms with E-state index < -0.39 is 5.41 Å². The van der Waals surface area contributed by atoms with Crippen molar-refractivity contribution in [3.05, 3.63) is 69.7 Å². The minimum absolute atomic E-state index is 0.0118. The van der Waals surface area contributed by atoms with Crippen LogP contribution in [0.25, 0.3) is 11.0 Å². The van der Waals surface area contributed by atoms with Crippen LogP contribution in [0.2, 0.25) is 0 Å². The van der Waals surface area contributed by atoms with E-state index >= 15 is 0 Å². The average molecular weight is 578 g/mol. The lowest BCUT2D eigenvalue weighted by Crippen LogP contribution is -2.47. The fourth-order valence-corrected chi connectivity index (χ4v) is 5.91. The molecule has 0 aliphatic carbocycles. The van der Waals surface area contributed by atoms with Gasteiger partial charge >= 0.3 is 0 Å². The van der Waals surface area contributed by atoms with Crippen molar-refractivity contribution >= 4 is 45.5 Å². The zero-order chi connectivity index (χ0) is 29.1. The number of nitrogens with one attached hydrogen (secondary N) is 1. The van der Waals surface area contributed by atoms with E-state index in [1.54, 1.807) is 65.1 Å². The molecular weight excluding hydrogens is 542 g/mol. The highest BCUT2D eigenvalue weighted by Gasteiger charge is 2.45. The number of aromatic nitrogens is 2. The predicted molar refractivity (Wildman–Crippen MR) is 160 cm³/mol. The lowest BCUT2D eigenvalue weighted by molar-refractivity contribution is -0.137. The van der Waals surface area contributed by atoms with Crippen LogP contribution in [-0.2, 0) is 16.1 Å². The van der Waals surface area contributed by atoms with Gasteiger partial charge in [0.2, 0.25) is 11.8 Å². The molecule has 216 valence electrons. The molecule has 1 atom stereocenters. The van der Waals surface area contributed by atoms with Crippen molar-refractivity contribution in [2.75, 3.05) is 36.5 Å².